The van der Waals surface area contributed by atoms with E-state index in [4.69, 9.17) is 11.6 Å². The molecule has 212 valence electrons. The average Bonchev–Trinajstić information content (AvgIpc) is 3.27. The van der Waals surface area contributed by atoms with Gasteiger partial charge in [-0.15, -0.1) is 0 Å². The molecule has 40 heavy (non-hydrogen) atoms. The highest BCUT2D eigenvalue weighted by Crippen LogP contribution is 2.45. The first-order chi connectivity index (χ1) is 18.6. The van der Waals surface area contributed by atoms with E-state index in [1.54, 1.807) is 31.2 Å². The first kappa shape index (κ1) is 29.4. The molecular formula is C27H26ClF3N4O4S. The Morgan fingerprint density at radius 1 is 1.07 bits per heavy atom. The van der Waals surface area contributed by atoms with Gasteiger partial charge in [0.1, 0.15) is 11.4 Å². The summed E-state index contributed by atoms with van der Waals surface area (Å²) in [6, 6.07) is 12.4. The Kier molecular flexibility index (Phi) is 7.90. The number of hydrogen-bond donors (Lipinski definition) is 4. The van der Waals surface area contributed by atoms with E-state index in [1.165, 1.54) is 38.1 Å². The van der Waals surface area contributed by atoms with Gasteiger partial charge in [0.05, 0.1) is 26.5 Å². The van der Waals surface area contributed by atoms with Crippen molar-refractivity contribution in [2.24, 2.45) is 0 Å². The van der Waals surface area contributed by atoms with E-state index < -0.39 is 38.4 Å². The third-order valence-electron chi connectivity index (χ3n) is 6.09. The van der Waals surface area contributed by atoms with Gasteiger partial charge >= 0.3 is 12.2 Å². The van der Waals surface area contributed by atoms with E-state index in [0.717, 1.165) is 11.6 Å². The Morgan fingerprint density at radius 3 is 2.27 bits per heavy atom. The number of carbonyl (C=O) groups excluding carboxylic acids is 1. The highest BCUT2D eigenvalue weighted by Gasteiger charge is 2.38. The molecule has 4 aromatic rings. The molecule has 1 heterocycles. The van der Waals surface area contributed by atoms with Gasteiger partial charge in [-0.1, -0.05) is 53.6 Å². The van der Waals surface area contributed by atoms with Crippen molar-refractivity contribution in [3.8, 4) is 11.1 Å². The van der Waals surface area contributed by atoms with E-state index in [1.807, 2.05) is 4.72 Å². The maximum atomic E-state index is 14.1. The molecule has 2 amide bonds. The number of fused-ring (bicyclic) bond motifs is 1. The van der Waals surface area contributed by atoms with E-state index in [0.29, 0.717) is 5.56 Å². The number of carbonyl (C=O) groups is 1. The summed E-state index contributed by atoms with van der Waals surface area (Å²) >= 11 is 6.07. The predicted octanol–water partition coefficient (Wildman–Crippen LogP) is 5.67. The molecule has 0 aliphatic heterocycles. The zero-order valence-corrected chi connectivity index (χ0v) is 23.2. The lowest BCUT2D eigenvalue weighted by Gasteiger charge is -2.16. The fourth-order valence-electron chi connectivity index (χ4n) is 4.06. The molecule has 0 atom stereocenters. The lowest BCUT2D eigenvalue weighted by atomic mass is 9.96. The number of benzene rings is 3. The van der Waals surface area contributed by atoms with Crippen molar-refractivity contribution in [2.75, 3.05) is 6.54 Å². The highest BCUT2D eigenvalue weighted by atomic mass is 35.5. The highest BCUT2D eigenvalue weighted by molar-refractivity contribution is 7.90. The number of rotatable bonds is 7. The fourth-order valence-corrected chi connectivity index (χ4v) is 5.30. The van der Waals surface area contributed by atoms with Gasteiger partial charge in [-0.25, -0.2) is 22.9 Å². The van der Waals surface area contributed by atoms with Gasteiger partial charge in [0, 0.05) is 12.1 Å². The maximum Gasteiger partial charge on any atom is 0.418 e. The molecule has 0 spiro atoms. The Morgan fingerprint density at radius 2 is 1.70 bits per heavy atom. The summed E-state index contributed by atoms with van der Waals surface area (Å²) in [7, 11) is -4.04. The van der Waals surface area contributed by atoms with Crippen LogP contribution in [0.3, 0.4) is 0 Å². The summed E-state index contributed by atoms with van der Waals surface area (Å²) in [4.78, 5) is 19.2. The summed E-state index contributed by atoms with van der Waals surface area (Å²) in [6.07, 6.45) is -4.50. The number of alkyl halides is 3. The van der Waals surface area contributed by atoms with Crippen LogP contribution in [0.25, 0.3) is 22.2 Å². The molecule has 3 aromatic carbocycles. The van der Waals surface area contributed by atoms with Crippen molar-refractivity contribution in [3.05, 3.63) is 82.1 Å². The number of sulfonamides is 1. The van der Waals surface area contributed by atoms with E-state index in [9.17, 15) is 31.5 Å². The van der Waals surface area contributed by atoms with Gasteiger partial charge in [-0.3, -0.25) is 0 Å². The summed E-state index contributed by atoms with van der Waals surface area (Å²) in [5.74, 6) is 0.0875. The molecule has 0 bridgehead atoms. The fraction of sp³-hybridized carbons (Fsp3) is 0.259. The number of urea groups is 1. The lowest BCUT2D eigenvalue weighted by Crippen LogP contribution is -2.40. The molecular weight excluding hydrogens is 569 g/mol. The zero-order chi connectivity index (χ0) is 29.5. The molecule has 1 aromatic heterocycles. The number of imidazole rings is 1. The number of nitrogens with zero attached hydrogens (tertiary/aromatic N) is 1. The van der Waals surface area contributed by atoms with Gasteiger partial charge < -0.3 is 15.4 Å². The summed E-state index contributed by atoms with van der Waals surface area (Å²) in [6.45, 7) is 4.78. The van der Waals surface area contributed by atoms with Crippen LogP contribution in [0.4, 0.5) is 18.0 Å². The second kappa shape index (κ2) is 10.8. The van der Waals surface area contributed by atoms with Gasteiger partial charge in [0.2, 0.25) is 0 Å². The number of H-pyrrole nitrogens is 1. The van der Waals surface area contributed by atoms with Crippen molar-refractivity contribution >= 4 is 38.7 Å². The minimum atomic E-state index is -4.77. The summed E-state index contributed by atoms with van der Waals surface area (Å²) < 4.78 is 68.8. The third kappa shape index (κ3) is 6.40. The van der Waals surface area contributed by atoms with Crippen LogP contribution in [0.2, 0.25) is 5.02 Å². The largest absolute Gasteiger partial charge is 0.418 e. The Labute approximate surface area is 233 Å². The second-order valence-electron chi connectivity index (χ2n) is 9.77. The smallest absolute Gasteiger partial charge is 0.383 e. The first-order valence-corrected chi connectivity index (χ1v) is 13.9. The predicted molar refractivity (Wildman–Crippen MR) is 145 cm³/mol. The third-order valence-corrected chi connectivity index (χ3v) is 7.74. The standard InChI is InChI=1S/C27H26ClF3N4O4S/c1-15-4-10-18(11-5-15)40(38,39)35-25(36)32-13-12-16-6-8-17(9-7-16)21-22(27(29,30)31)19(28)14-20-23(21)34-24(33-20)26(2,3)37/h4-11,14,37H,12-13H2,1-3H3,(H,33,34)(H2,32,35,36). The molecule has 4 N–H and O–H groups in total. The van der Waals surface area contributed by atoms with E-state index >= 15 is 0 Å². The van der Waals surface area contributed by atoms with Crippen LogP contribution in [0.1, 0.15) is 36.4 Å². The quantitative estimate of drug-likeness (QED) is 0.219. The lowest BCUT2D eigenvalue weighted by molar-refractivity contribution is -0.136. The normalized spacial score (nSPS) is 12.5. The number of amides is 2. The molecule has 0 fully saturated rings. The molecule has 0 saturated carbocycles. The maximum absolute atomic E-state index is 14.1. The van der Waals surface area contributed by atoms with Gasteiger partial charge in [-0.05, 0) is 56.5 Å². The Balaban J connectivity index is 1.52. The van der Waals surface area contributed by atoms with Crippen LogP contribution in [0, 0.1) is 6.92 Å². The Hall–Kier alpha value is -3.61. The van der Waals surface area contributed by atoms with Crippen LogP contribution >= 0.6 is 11.6 Å². The molecule has 0 saturated heterocycles. The van der Waals surface area contributed by atoms with Crippen LogP contribution in [0.15, 0.2) is 59.5 Å². The van der Waals surface area contributed by atoms with Gasteiger partial charge in [0.25, 0.3) is 10.0 Å². The van der Waals surface area contributed by atoms with Crippen molar-refractivity contribution in [1.82, 2.24) is 20.0 Å². The Bertz CT molecular complexity index is 1660. The van der Waals surface area contributed by atoms with Crippen molar-refractivity contribution < 1.29 is 31.5 Å². The van der Waals surface area contributed by atoms with E-state index in [2.05, 4.69) is 15.3 Å². The summed E-state index contributed by atoms with van der Waals surface area (Å²) in [5.41, 5.74) is -0.706. The average molecular weight is 595 g/mol. The minimum Gasteiger partial charge on any atom is -0.383 e. The number of aryl methyl sites for hydroxylation is 1. The number of halogens is 4. The SMILES string of the molecule is Cc1ccc(S(=O)(=O)NC(=O)NCCc2ccc(-c3c(C(F)(F)F)c(Cl)cc4[nH]c(C(C)(C)O)nc34)cc2)cc1. The second-order valence-corrected chi connectivity index (χ2v) is 11.9. The van der Waals surface area contributed by atoms with Crippen LogP contribution < -0.4 is 10.0 Å². The van der Waals surface area contributed by atoms with Crippen LogP contribution in [-0.2, 0) is 28.2 Å². The van der Waals surface area contributed by atoms with Gasteiger partial charge in [0.15, 0.2) is 0 Å². The molecule has 0 aliphatic carbocycles. The molecule has 8 nitrogen and oxygen atoms in total. The number of aromatic nitrogens is 2. The van der Waals surface area contributed by atoms with Gasteiger partial charge in [-0.2, -0.15) is 13.2 Å². The number of aromatic amines is 1. The zero-order valence-electron chi connectivity index (χ0n) is 21.6. The van der Waals surface area contributed by atoms with Crippen LogP contribution in [0.5, 0.6) is 0 Å². The van der Waals surface area contributed by atoms with Crippen molar-refractivity contribution in [3.63, 3.8) is 0 Å². The number of hydrogen-bond acceptors (Lipinski definition) is 5. The minimum absolute atomic E-state index is 0.00900. The summed E-state index contributed by atoms with van der Waals surface area (Å²) in [5, 5.41) is 12.3. The molecule has 0 radical (unpaired) electrons. The molecule has 13 heteroatoms. The monoisotopic (exact) mass is 594 g/mol. The molecule has 0 unspecified atom stereocenters. The van der Waals surface area contributed by atoms with Crippen molar-refractivity contribution in [1.29, 1.82) is 0 Å². The first-order valence-electron chi connectivity index (χ1n) is 12.0. The van der Waals surface area contributed by atoms with Crippen molar-refractivity contribution in [2.45, 2.75) is 43.9 Å². The van der Waals surface area contributed by atoms with E-state index in [-0.39, 0.29) is 45.8 Å². The molecule has 4 rings (SSSR count). The number of nitrogens with one attached hydrogen (secondary N) is 3. The van der Waals surface area contributed by atoms with Crippen LogP contribution in [-0.4, -0.2) is 36.1 Å². The topological polar surface area (TPSA) is 124 Å². The number of aliphatic hydroxyl groups is 1. The molecule has 0 aliphatic rings.